The SMILES string of the molecule is CC(C(=O)O)N(C(=O)C1CCN(C(=O)c2cccc3ccccc23)CC1)C1CC1. The second-order valence-electron chi connectivity index (χ2n) is 8.08. The van der Waals surface area contributed by atoms with E-state index in [1.54, 1.807) is 11.8 Å². The molecule has 29 heavy (non-hydrogen) atoms. The van der Waals surface area contributed by atoms with Gasteiger partial charge in [0, 0.05) is 30.6 Å². The van der Waals surface area contributed by atoms with E-state index in [4.69, 9.17) is 0 Å². The van der Waals surface area contributed by atoms with Crippen LogP contribution in [0.4, 0.5) is 0 Å². The number of likely N-dealkylation sites (tertiary alicyclic amines) is 1. The van der Waals surface area contributed by atoms with Gasteiger partial charge in [0.15, 0.2) is 0 Å². The highest BCUT2D eigenvalue weighted by Gasteiger charge is 2.41. The summed E-state index contributed by atoms with van der Waals surface area (Å²) in [6.45, 7) is 2.61. The first-order valence-electron chi connectivity index (χ1n) is 10.3. The quantitative estimate of drug-likeness (QED) is 0.845. The Morgan fingerprint density at radius 2 is 1.66 bits per heavy atom. The Bertz CT molecular complexity index is 940. The number of hydrogen-bond acceptors (Lipinski definition) is 3. The summed E-state index contributed by atoms with van der Waals surface area (Å²) in [5.41, 5.74) is 0.687. The Morgan fingerprint density at radius 3 is 2.31 bits per heavy atom. The molecule has 2 fully saturated rings. The summed E-state index contributed by atoms with van der Waals surface area (Å²) in [5, 5.41) is 11.3. The fraction of sp³-hybridized carbons (Fsp3) is 0.435. The van der Waals surface area contributed by atoms with Crippen LogP contribution in [0.1, 0.15) is 43.0 Å². The molecular weight excluding hydrogens is 368 g/mol. The summed E-state index contributed by atoms with van der Waals surface area (Å²) in [6.07, 6.45) is 2.90. The minimum atomic E-state index is -0.964. The number of carbonyl (C=O) groups is 3. The van der Waals surface area contributed by atoms with Crippen molar-refractivity contribution in [3.05, 3.63) is 48.0 Å². The predicted octanol–water partition coefficient (Wildman–Crippen LogP) is 3.16. The van der Waals surface area contributed by atoms with E-state index < -0.39 is 12.0 Å². The molecule has 1 heterocycles. The summed E-state index contributed by atoms with van der Waals surface area (Å²) in [6, 6.07) is 12.8. The number of carbonyl (C=O) groups excluding carboxylic acids is 2. The van der Waals surface area contributed by atoms with Gasteiger partial charge >= 0.3 is 5.97 Å². The number of nitrogens with zero attached hydrogens (tertiary/aromatic N) is 2. The van der Waals surface area contributed by atoms with Crippen molar-refractivity contribution in [1.82, 2.24) is 9.80 Å². The first-order valence-corrected chi connectivity index (χ1v) is 10.3. The van der Waals surface area contributed by atoms with E-state index in [1.165, 1.54) is 0 Å². The van der Waals surface area contributed by atoms with Gasteiger partial charge in [0.05, 0.1) is 0 Å². The molecule has 1 atom stereocenters. The minimum absolute atomic E-state index is 0.00866. The Hall–Kier alpha value is -2.89. The number of benzene rings is 2. The van der Waals surface area contributed by atoms with Crippen molar-refractivity contribution in [3.63, 3.8) is 0 Å². The van der Waals surface area contributed by atoms with Crippen LogP contribution in [0.15, 0.2) is 42.5 Å². The van der Waals surface area contributed by atoms with Crippen molar-refractivity contribution in [2.75, 3.05) is 13.1 Å². The summed E-state index contributed by atoms with van der Waals surface area (Å²) in [5.74, 6) is -1.26. The van der Waals surface area contributed by atoms with E-state index in [0.717, 1.165) is 23.6 Å². The summed E-state index contributed by atoms with van der Waals surface area (Å²) < 4.78 is 0. The first-order chi connectivity index (χ1) is 14.0. The van der Waals surface area contributed by atoms with E-state index in [0.29, 0.717) is 31.5 Å². The van der Waals surface area contributed by atoms with Crippen molar-refractivity contribution in [2.24, 2.45) is 5.92 Å². The van der Waals surface area contributed by atoms with Crippen LogP contribution in [0.3, 0.4) is 0 Å². The van der Waals surface area contributed by atoms with Gasteiger partial charge in [-0.15, -0.1) is 0 Å². The highest BCUT2D eigenvalue weighted by atomic mass is 16.4. The number of hydrogen-bond donors (Lipinski definition) is 1. The van der Waals surface area contributed by atoms with E-state index in [9.17, 15) is 19.5 Å². The van der Waals surface area contributed by atoms with Crippen molar-refractivity contribution >= 4 is 28.6 Å². The largest absolute Gasteiger partial charge is 0.480 e. The zero-order chi connectivity index (χ0) is 20.5. The molecule has 0 radical (unpaired) electrons. The van der Waals surface area contributed by atoms with Gasteiger partial charge in [-0.2, -0.15) is 0 Å². The lowest BCUT2D eigenvalue weighted by Crippen LogP contribution is -2.50. The normalized spacial score (nSPS) is 18.4. The zero-order valence-electron chi connectivity index (χ0n) is 16.6. The van der Waals surface area contributed by atoms with E-state index in [-0.39, 0.29) is 23.8 Å². The van der Waals surface area contributed by atoms with Gasteiger partial charge in [-0.1, -0.05) is 36.4 Å². The van der Waals surface area contributed by atoms with Crippen molar-refractivity contribution in [3.8, 4) is 0 Å². The van der Waals surface area contributed by atoms with Crippen LogP contribution in [-0.2, 0) is 9.59 Å². The molecule has 1 aliphatic carbocycles. The van der Waals surface area contributed by atoms with E-state index in [2.05, 4.69) is 0 Å². The maximum atomic E-state index is 13.1. The van der Waals surface area contributed by atoms with Gasteiger partial charge in [0.2, 0.25) is 5.91 Å². The highest BCUT2D eigenvalue weighted by molar-refractivity contribution is 6.07. The molecule has 1 saturated heterocycles. The van der Waals surface area contributed by atoms with Crippen LogP contribution < -0.4 is 0 Å². The molecule has 0 spiro atoms. The topological polar surface area (TPSA) is 77.9 Å². The summed E-state index contributed by atoms with van der Waals surface area (Å²) >= 11 is 0. The average molecular weight is 394 g/mol. The molecule has 6 heteroatoms. The molecule has 2 aliphatic rings. The van der Waals surface area contributed by atoms with Crippen LogP contribution >= 0.6 is 0 Å². The molecule has 152 valence electrons. The van der Waals surface area contributed by atoms with Crippen LogP contribution in [-0.4, -0.2) is 57.9 Å². The molecule has 2 aromatic carbocycles. The molecule has 0 aromatic heterocycles. The summed E-state index contributed by atoms with van der Waals surface area (Å²) in [7, 11) is 0. The first kappa shape index (κ1) is 19.4. The lowest BCUT2D eigenvalue weighted by molar-refractivity contribution is -0.152. The predicted molar refractivity (Wildman–Crippen MR) is 110 cm³/mol. The van der Waals surface area contributed by atoms with Crippen LogP contribution in [0.25, 0.3) is 10.8 Å². The summed E-state index contributed by atoms with van der Waals surface area (Å²) in [4.78, 5) is 40.9. The van der Waals surface area contributed by atoms with Gasteiger partial charge in [0.1, 0.15) is 6.04 Å². The monoisotopic (exact) mass is 394 g/mol. The van der Waals surface area contributed by atoms with Crippen LogP contribution in [0, 0.1) is 5.92 Å². The number of piperidine rings is 1. The minimum Gasteiger partial charge on any atom is -0.480 e. The molecule has 0 bridgehead atoms. The second kappa shape index (κ2) is 7.85. The van der Waals surface area contributed by atoms with Gasteiger partial charge in [0.25, 0.3) is 5.91 Å². The standard InChI is InChI=1S/C23H26N2O4/c1-15(23(28)29)25(18-9-10-18)21(26)17-11-13-24(14-12-17)22(27)20-8-4-6-16-5-2-3-7-19(16)20/h2-8,15,17-18H,9-14H2,1H3,(H,28,29). The van der Waals surface area contributed by atoms with Crippen LogP contribution in [0.5, 0.6) is 0 Å². The van der Waals surface area contributed by atoms with Gasteiger partial charge in [-0.25, -0.2) is 4.79 Å². The average Bonchev–Trinajstić information content (AvgIpc) is 3.58. The molecule has 6 nitrogen and oxygen atoms in total. The Morgan fingerprint density at radius 1 is 1.00 bits per heavy atom. The van der Waals surface area contributed by atoms with Gasteiger partial charge < -0.3 is 14.9 Å². The number of amides is 2. The molecule has 2 amide bonds. The highest BCUT2D eigenvalue weighted by Crippen LogP contribution is 2.32. The molecule has 1 unspecified atom stereocenters. The molecule has 1 N–H and O–H groups in total. The Labute approximate surface area is 170 Å². The molecule has 4 rings (SSSR count). The third-order valence-electron chi connectivity index (χ3n) is 6.12. The van der Waals surface area contributed by atoms with Gasteiger partial charge in [-0.05, 0) is 49.4 Å². The Kier molecular flexibility index (Phi) is 5.26. The molecule has 2 aromatic rings. The van der Waals surface area contributed by atoms with Crippen molar-refractivity contribution in [1.29, 1.82) is 0 Å². The second-order valence-corrected chi connectivity index (χ2v) is 8.08. The Balaban J connectivity index is 1.44. The fourth-order valence-electron chi connectivity index (χ4n) is 4.28. The maximum Gasteiger partial charge on any atom is 0.326 e. The number of rotatable bonds is 5. The van der Waals surface area contributed by atoms with Crippen molar-refractivity contribution in [2.45, 2.75) is 44.7 Å². The molecule has 1 aliphatic heterocycles. The van der Waals surface area contributed by atoms with Crippen LogP contribution in [0.2, 0.25) is 0 Å². The number of carboxylic acids is 1. The van der Waals surface area contributed by atoms with E-state index >= 15 is 0 Å². The number of carboxylic acid groups (broad SMARTS) is 1. The third-order valence-corrected chi connectivity index (χ3v) is 6.12. The van der Waals surface area contributed by atoms with Crippen molar-refractivity contribution < 1.29 is 19.5 Å². The maximum absolute atomic E-state index is 13.1. The molecule has 1 saturated carbocycles. The van der Waals surface area contributed by atoms with Gasteiger partial charge in [-0.3, -0.25) is 9.59 Å². The van der Waals surface area contributed by atoms with E-state index in [1.807, 2.05) is 47.4 Å². The number of fused-ring (bicyclic) bond motifs is 1. The number of aliphatic carboxylic acids is 1. The fourth-order valence-corrected chi connectivity index (χ4v) is 4.28. The third kappa shape index (κ3) is 3.84. The zero-order valence-corrected chi connectivity index (χ0v) is 16.6. The lowest BCUT2D eigenvalue weighted by atomic mass is 9.93. The molecular formula is C23H26N2O4. The lowest BCUT2D eigenvalue weighted by Gasteiger charge is -2.36. The smallest absolute Gasteiger partial charge is 0.326 e.